The van der Waals surface area contributed by atoms with Gasteiger partial charge in [0.15, 0.2) is 0 Å². The van der Waals surface area contributed by atoms with Crippen molar-refractivity contribution in [1.29, 1.82) is 0 Å². The monoisotopic (exact) mass is 334 g/mol. The van der Waals surface area contributed by atoms with Crippen LogP contribution in [0.2, 0.25) is 0 Å². The number of halogens is 1. The van der Waals surface area contributed by atoms with E-state index in [0.717, 1.165) is 17.4 Å². The predicted octanol–water partition coefficient (Wildman–Crippen LogP) is 4.01. The predicted molar refractivity (Wildman–Crippen MR) is 85.8 cm³/mol. The highest BCUT2D eigenvalue weighted by Crippen LogP contribution is 2.25. The number of nitrogens with two attached hydrogens (primary N) is 1. The molecule has 0 fully saturated rings. The van der Waals surface area contributed by atoms with E-state index in [4.69, 9.17) is 5.73 Å². The molecule has 3 rings (SSSR count). The minimum atomic E-state index is 0.693. The Balaban J connectivity index is 2.03. The highest BCUT2D eigenvalue weighted by Gasteiger charge is 2.08. The van der Waals surface area contributed by atoms with Crippen LogP contribution in [0.15, 0.2) is 46.4 Å². The normalized spacial score (nSPS) is 11.3. The first-order valence-corrected chi connectivity index (χ1v) is 7.95. The van der Waals surface area contributed by atoms with E-state index in [1.54, 1.807) is 11.3 Å². The van der Waals surface area contributed by atoms with Gasteiger partial charge in [0, 0.05) is 31.8 Å². The van der Waals surface area contributed by atoms with Gasteiger partial charge in [-0.2, -0.15) is 0 Å². The second-order valence-electron chi connectivity index (χ2n) is 4.57. The van der Waals surface area contributed by atoms with Crippen LogP contribution in [0.3, 0.4) is 0 Å². The third-order valence-electron chi connectivity index (χ3n) is 3.23. The first-order chi connectivity index (χ1) is 9.28. The molecule has 0 radical (unpaired) electrons. The Labute approximate surface area is 125 Å². The molecule has 0 bridgehead atoms. The van der Waals surface area contributed by atoms with Crippen LogP contribution in [0.5, 0.6) is 0 Å². The molecule has 3 aromatic rings. The number of aromatic nitrogens is 1. The number of nitrogens with zero attached hydrogens (tertiary/aromatic N) is 1. The summed E-state index contributed by atoms with van der Waals surface area (Å²) in [5.74, 6) is 0. The first-order valence-electron chi connectivity index (χ1n) is 6.27. The van der Waals surface area contributed by atoms with Gasteiger partial charge in [0.2, 0.25) is 0 Å². The highest BCUT2D eigenvalue weighted by molar-refractivity contribution is 9.10. The summed E-state index contributed by atoms with van der Waals surface area (Å²) in [4.78, 5) is 1.35. The van der Waals surface area contributed by atoms with E-state index in [0.29, 0.717) is 6.54 Å². The Hall–Kier alpha value is -1.10. The molecule has 0 saturated heterocycles. The Bertz CT molecular complexity index is 699. The second kappa shape index (κ2) is 5.49. The molecule has 98 valence electrons. The van der Waals surface area contributed by atoms with E-state index in [2.05, 4.69) is 62.4 Å². The lowest BCUT2D eigenvalue weighted by Gasteiger charge is -2.02. The van der Waals surface area contributed by atoms with Gasteiger partial charge in [0.25, 0.3) is 0 Å². The van der Waals surface area contributed by atoms with Crippen molar-refractivity contribution in [3.63, 3.8) is 0 Å². The van der Waals surface area contributed by atoms with Crippen molar-refractivity contribution in [3.05, 3.63) is 56.8 Å². The van der Waals surface area contributed by atoms with Crippen molar-refractivity contribution >= 4 is 38.2 Å². The van der Waals surface area contributed by atoms with Crippen molar-refractivity contribution in [1.82, 2.24) is 4.57 Å². The third kappa shape index (κ3) is 2.61. The van der Waals surface area contributed by atoms with Crippen LogP contribution < -0.4 is 5.73 Å². The SMILES string of the molecule is NCCc1cn(Cc2cc(Br)cs2)c2ccccc12. The Morgan fingerprint density at radius 3 is 2.84 bits per heavy atom. The topological polar surface area (TPSA) is 30.9 Å². The van der Waals surface area contributed by atoms with Gasteiger partial charge >= 0.3 is 0 Å². The fourth-order valence-corrected chi connectivity index (χ4v) is 3.86. The Morgan fingerprint density at radius 1 is 1.26 bits per heavy atom. The minimum Gasteiger partial charge on any atom is -0.342 e. The second-order valence-corrected chi connectivity index (χ2v) is 6.48. The van der Waals surface area contributed by atoms with Crippen molar-refractivity contribution in [2.75, 3.05) is 6.54 Å². The van der Waals surface area contributed by atoms with Crippen LogP contribution in [0.1, 0.15) is 10.4 Å². The number of hydrogen-bond donors (Lipinski definition) is 1. The van der Waals surface area contributed by atoms with E-state index >= 15 is 0 Å². The number of hydrogen-bond acceptors (Lipinski definition) is 2. The number of para-hydroxylation sites is 1. The van der Waals surface area contributed by atoms with E-state index in [-0.39, 0.29) is 0 Å². The standard InChI is InChI=1S/C15H15BrN2S/c16-12-7-13(19-10-12)9-18-8-11(5-6-17)14-3-1-2-4-15(14)18/h1-4,7-8,10H,5-6,9,17H2. The molecular formula is C15H15BrN2S. The summed E-state index contributed by atoms with van der Waals surface area (Å²) in [7, 11) is 0. The van der Waals surface area contributed by atoms with Gasteiger partial charge in [-0.25, -0.2) is 0 Å². The maximum atomic E-state index is 5.70. The van der Waals surface area contributed by atoms with Crippen LogP contribution in [0, 0.1) is 0 Å². The summed E-state index contributed by atoms with van der Waals surface area (Å²) < 4.78 is 3.48. The van der Waals surface area contributed by atoms with Crippen molar-refractivity contribution < 1.29 is 0 Å². The lowest BCUT2D eigenvalue weighted by molar-refractivity contribution is 0.840. The zero-order chi connectivity index (χ0) is 13.2. The molecule has 1 aromatic carbocycles. The summed E-state index contributed by atoms with van der Waals surface area (Å²) in [6, 6.07) is 10.7. The summed E-state index contributed by atoms with van der Waals surface area (Å²) in [6.07, 6.45) is 3.17. The summed E-state index contributed by atoms with van der Waals surface area (Å²) in [6.45, 7) is 1.61. The third-order valence-corrected chi connectivity index (χ3v) is 4.92. The molecule has 2 aromatic heterocycles. The number of rotatable bonds is 4. The van der Waals surface area contributed by atoms with Gasteiger partial charge in [0.1, 0.15) is 0 Å². The molecule has 0 spiro atoms. The fourth-order valence-electron chi connectivity index (χ4n) is 2.41. The molecule has 2 nitrogen and oxygen atoms in total. The lowest BCUT2D eigenvalue weighted by Crippen LogP contribution is -2.02. The van der Waals surface area contributed by atoms with Crippen LogP contribution >= 0.6 is 27.3 Å². The maximum Gasteiger partial charge on any atom is 0.0569 e. The van der Waals surface area contributed by atoms with Crippen LogP contribution in [-0.2, 0) is 13.0 Å². The Kier molecular flexibility index (Phi) is 3.73. The van der Waals surface area contributed by atoms with Gasteiger partial charge in [-0.1, -0.05) is 18.2 Å². The fraction of sp³-hybridized carbons (Fsp3) is 0.200. The lowest BCUT2D eigenvalue weighted by atomic mass is 10.1. The van der Waals surface area contributed by atoms with Crippen LogP contribution in [0.25, 0.3) is 10.9 Å². The van der Waals surface area contributed by atoms with E-state index in [9.17, 15) is 0 Å². The Morgan fingerprint density at radius 2 is 2.11 bits per heavy atom. The molecule has 2 heterocycles. The van der Waals surface area contributed by atoms with Gasteiger partial charge in [-0.15, -0.1) is 11.3 Å². The molecule has 2 N–H and O–H groups in total. The molecule has 4 heteroatoms. The molecule has 0 aliphatic heterocycles. The maximum absolute atomic E-state index is 5.70. The molecule has 0 atom stereocenters. The number of thiophene rings is 1. The molecule has 0 aliphatic carbocycles. The van der Waals surface area contributed by atoms with E-state index < -0.39 is 0 Å². The van der Waals surface area contributed by atoms with E-state index in [1.807, 2.05) is 0 Å². The number of fused-ring (bicyclic) bond motifs is 1. The smallest absolute Gasteiger partial charge is 0.0569 e. The van der Waals surface area contributed by atoms with Crippen LogP contribution in [0.4, 0.5) is 0 Å². The average Bonchev–Trinajstić information content (AvgIpc) is 2.97. The average molecular weight is 335 g/mol. The first kappa shape index (κ1) is 12.9. The minimum absolute atomic E-state index is 0.693. The quantitative estimate of drug-likeness (QED) is 0.767. The molecule has 0 unspecified atom stereocenters. The van der Waals surface area contributed by atoms with Crippen molar-refractivity contribution in [2.45, 2.75) is 13.0 Å². The highest BCUT2D eigenvalue weighted by atomic mass is 79.9. The summed E-state index contributed by atoms with van der Waals surface area (Å²) >= 11 is 5.29. The zero-order valence-corrected chi connectivity index (χ0v) is 12.9. The van der Waals surface area contributed by atoms with Gasteiger partial charge in [0.05, 0.1) is 6.54 Å². The molecule has 0 amide bonds. The largest absolute Gasteiger partial charge is 0.342 e. The van der Waals surface area contributed by atoms with Gasteiger partial charge < -0.3 is 10.3 Å². The molecule has 0 aliphatic rings. The van der Waals surface area contributed by atoms with Crippen LogP contribution in [-0.4, -0.2) is 11.1 Å². The van der Waals surface area contributed by atoms with Gasteiger partial charge in [-0.3, -0.25) is 0 Å². The molecule has 19 heavy (non-hydrogen) atoms. The van der Waals surface area contributed by atoms with Crippen molar-refractivity contribution in [2.24, 2.45) is 5.73 Å². The zero-order valence-electron chi connectivity index (χ0n) is 10.5. The molecular weight excluding hydrogens is 320 g/mol. The van der Waals surface area contributed by atoms with Crippen molar-refractivity contribution in [3.8, 4) is 0 Å². The van der Waals surface area contributed by atoms with Gasteiger partial charge in [-0.05, 0) is 46.6 Å². The summed E-state index contributed by atoms with van der Waals surface area (Å²) in [5, 5.41) is 3.45. The van der Waals surface area contributed by atoms with E-state index in [1.165, 1.54) is 21.3 Å². The number of benzene rings is 1. The molecule has 0 saturated carbocycles. The summed E-state index contributed by atoms with van der Waals surface area (Å²) in [5.41, 5.74) is 8.33.